The van der Waals surface area contributed by atoms with E-state index >= 15 is 0 Å². The number of hydrogen-bond donors (Lipinski definition) is 1. The summed E-state index contributed by atoms with van der Waals surface area (Å²) in [6.45, 7) is 17.4. The molecule has 7 aliphatic rings. The average molecular weight is 630 g/mol. The monoisotopic (exact) mass is 629 g/mol. The summed E-state index contributed by atoms with van der Waals surface area (Å²) in [5.74, 6) is 2.01. The van der Waals surface area contributed by atoms with E-state index in [0.717, 1.165) is 32.3 Å². The van der Waals surface area contributed by atoms with Crippen molar-refractivity contribution in [2.24, 2.45) is 56.7 Å². The van der Waals surface area contributed by atoms with Gasteiger partial charge in [-0.1, -0.05) is 48.5 Å². The number of fused-ring (bicyclic) bond motifs is 4. The van der Waals surface area contributed by atoms with Crippen LogP contribution in [-0.2, 0) is 18.9 Å². The third-order valence-corrected chi connectivity index (χ3v) is 15.8. The van der Waals surface area contributed by atoms with E-state index in [-0.39, 0.29) is 59.0 Å². The highest BCUT2D eigenvalue weighted by molar-refractivity contribution is 5.67. The second kappa shape index (κ2) is 10.8. The Hall–Kier alpha value is -0.890. The molecule has 2 aliphatic heterocycles. The van der Waals surface area contributed by atoms with Crippen molar-refractivity contribution in [3.05, 3.63) is 0 Å². The maximum absolute atomic E-state index is 12.6. The molecular weight excluding hydrogens is 566 g/mol. The van der Waals surface area contributed by atoms with E-state index in [2.05, 4.69) is 48.5 Å². The molecule has 7 fully saturated rings. The van der Waals surface area contributed by atoms with E-state index in [1.165, 1.54) is 49.8 Å². The van der Waals surface area contributed by atoms with Crippen LogP contribution in [-0.4, -0.2) is 73.6 Å². The number of nitrogens with zero attached hydrogens (tertiary/aromatic N) is 1. The molecule has 2 heterocycles. The van der Waals surface area contributed by atoms with Gasteiger partial charge >= 0.3 is 6.09 Å². The van der Waals surface area contributed by atoms with Gasteiger partial charge in [-0.2, -0.15) is 0 Å². The van der Waals surface area contributed by atoms with Gasteiger partial charge in [0.15, 0.2) is 6.29 Å². The molecule has 5 aliphatic carbocycles. The molecule has 1 amide bonds. The Morgan fingerprint density at radius 3 is 2.33 bits per heavy atom. The van der Waals surface area contributed by atoms with Gasteiger partial charge in [-0.15, -0.1) is 0 Å². The van der Waals surface area contributed by atoms with Gasteiger partial charge in [0, 0.05) is 26.1 Å². The Balaban J connectivity index is 1.14. The first kappa shape index (κ1) is 32.6. The summed E-state index contributed by atoms with van der Waals surface area (Å²) in [5.41, 5.74) is 0.655. The lowest BCUT2D eigenvalue weighted by atomic mass is 9.41. The molecule has 7 rings (SSSR count). The third kappa shape index (κ3) is 4.37. The molecule has 0 radical (unpaired) electrons. The van der Waals surface area contributed by atoms with Crippen LogP contribution < -0.4 is 0 Å². The number of hydrogen-bond acceptors (Lipinski definition) is 6. The largest absolute Gasteiger partial charge is 0.443 e. The molecule has 2 spiro atoms. The van der Waals surface area contributed by atoms with Gasteiger partial charge in [-0.3, -0.25) is 0 Å². The molecule has 5 saturated carbocycles. The van der Waals surface area contributed by atoms with Gasteiger partial charge in [0.05, 0.1) is 24.4 Å². The number of amides is 1. The van der Waals surface area contributed by atoms with Crippen molar-refractivity contribution in [1.82, 2.24) is 4.90 Å². The highest BCUT2D eigenvalue weighted by Crippen LogP contribution is 2.89. The van der Waals surface area contributed by atoms with E-state index in [4.69, 9.17) is 18.9 Å². The smallest absolute Gasteiger partial charge is 0.409 e. The second-order valence-electron chi connectivity index (χ2n) is 18.5. The summed E-state index contributed by atoms with van der Waals surface area (Å²) in [4.78, 5) is 14.1. The van der Waals surface area contributed by atoms with Crippen LogP contribution >= 0.6 is 0 Å². The summed E-state index contributed by atoms with van der Waals surface area (Å²) < 4.78 is 25.8. The second-order valence-corrected chi connectivity index (χ2v) is 18.5. The van der Waals surface area contributed by atoms with Crippen LogP contribution in [0.1, 0.15) is 119 Å². The minimum atomic E-state index is -0.511. The number of aliphatic hydroxyl groups excluding tert-OH is 1. The Morgan fingerprint density at radius 2 is 1.67 bits per heavy atom. The van der Waals surface area contributed by atoms with Gasteiger partial charge in [0.25, 0.3) is 0 Å². The topological polar surface area (TPSA) is 77.5 Å². The zero-order valence-electron chi connectivity index (χ0n) is 29.8. The van der Waals surface area contributed by atoms with Crippen molar-refractivity contribution in [2.75, 3.05) is 20.7 Å². The van der Waals surface area contributed by atoms with E-state index in [0.29, 0.717) is 34.5 Å². The van der Waals surface area contributed by atoms with E-state index < -0.39 is 6.10 Å². The summed E-state index contributed by atoms with van der Waals surface area (Å²) >= 11 is 0. The van der Waals surface area contributed by atoms with E-state index in [1.807, 2.05) is 0 Å². The molecule has 256 valence electrons. The van der Waals surface area contributed by atoms with Crippen LogP contribution in [0, 0.1) is 56.7 Å². The van der Waals surface area contributed by atoms with Gasteiger partial charge in [-0.25, -0.2) is 4.79 Å². The molecule has 45 heavy (non-hydrogen) atoms. The van der Waals surface area contributed by atoms with E-state index in [1.54, 1.807) is 14.1 Å². The lowest BCUT2D eigenvalue weighted by Gasteiger charge is -2.64. The Labute approximate surface area is 272 Å². The Bertz CT molecular complexity index is 1150. The lowest BCUT2D eigenvalue weighted by Crippen LogP contribution is -2.60. The maximum atomic E-state index is 12.6. The van der Waals surface area contributed by atoms with Gasteiger partial charge < -0.3 is 29.0 Å². The van der Waals surface area contributed by atoms with Crippen LogP contribution in [0.25, 0.3) is 0 Å². The molecular formula is C38H63NO6. The highest BCUT2D eigenvalue weighted by Gasteiger charge is 2.84. The molecule has 7 heteroatoms. The zero-order chi connectivity index (χ0) is 32.3. The van der Waals surface area contributed by atoms with Crippen LogP contribution in [0.5, 0.6) is 0 Å². The Morgan fingerprint density at radius 1 is 0.956 bits per heavy atom. The van der Waals surface area contributed by atoms with Crippen molar-refractivity contribution in [2.45, 2.75) is 156 Å². The minimum Gasteiger partial charge on any atom is -0.443 e. The Kier molecular flexibility index (Phi) is 7.84. The predicted molar refractivity (Wildman–Crippen MR) is 173 cm³/mol. The molecule has 14 atom stereocenters. The molecule has 1 N–H and O–H groups in total. The van der Waals surface area contributed by atoms with Crippen LogP contribution in [0.3, 0.4) is 0 Å². The SMILES string of the molecule is CC(C)[C@@H](OC(=O)N(C)C)[C@H]1C[C@@H](C)[C@H]2[C@H](O1)[C@H](O)[C@@]1(C)[C@@H]3CC[C@H]4C(C)(C)C(O[C@H]5CCCCO5)CC[C@@]45CC35CC[C@]21C. The summed E-state index contributed by atoms with van der Waals surface area (Å²) in [6, 6.07) is 0. The first-order valence-electron chi connectivity index (χ1n) is 18.6. The molecule has 0 aromatic rings. The quantitative estimate of drug-likeness (QED) is 0.319. The predicted octanol–water partition coefficient (Wildman–Crippen LogP) is 7.43. The average Bonchev–Trinajstić information content (AvgIpc) is 3.62. The number of ether oxygens (including phenoxy) is 4. The van der Waals surface area contributed by atoms with Crippen LogP contribution in [0.4, 0.5) is 4.79 Å². The molecule has 0 aromatic heterocycles. The molecule has 2 unspecified atom stereocenters. The van der Waals surface area contributed by atoms with Gasteiger partial charge in [0.1, 0.15) is 6.10 Å². The third-order valence-electron chi connectivity index (χ3n) is 15.8. The fourth-order valence-electron chi connectivity index (χ4n) is 13.6. The zero-order valence-corrected chi connectivity index (χ0v) is 29.8. The number of aliphatic hydroxyl groups is 1. The lowest BCUT2D eigenvalue weighted by molar-refractivity contribution is -0.242. The van der Waals surface area contributed by atoms with Crippen molar-refractivity contribution in [3.8, 4) is 0 Å². The van der Waals surface area contributed by atoms with Crippen LogP contribution in [0.2, 0.25) is 0 Å². The van der Waals surface area contributed by atoms with Gasteiger partial charge in [0.2, 0.25) is 0 Å². The molecule has 7 nitrogen and oxygen atoms in total. The van der Waals surface area contributed by atoms with Crippen molar-refractivity contribution >= 4 is 6.09 Å². The normalized spacial score (nSPS) is 52.0. The first-order valence-corrected chi connectivity index (χ1v) is 18.6. The highest BCUT2D eigenvalue weighted by atomic mass is 16.7. The van der Waals surface area contributed by atoms with Crippen molar-refractivity contribution < 1.29 is 28.8 Å². The van der Waals surface area contributed by atoms with Crippen molar-refractivity contribution in [1.29, 1.82) is 0 Å². The molecule has 2 saturated heterocycles. The molecule has 0 aromatic carbocycles. The van der Waals surface area contributed by atoms with Gasteiger partial charge in [-0.05, 0) is 122 Å². The maximum Gasteiger partial charge on any atom is 0.409 e. The van der Waals surface area contributed by atoms with E-state index in [9.17, 15) is 9.90 Å². The minimum absolute atomic E-state index is 0.0236. The fourth-order valence-corrected chi connectivity index (χ4v) is 13.6. The van der Waals surface area contributed by atoms with Crippen LogP contribution in [0.15, 0.2) is 0 Å². The first-order chi connectivity index (χ1) is 21.1. The number of carbonyl (C=O) groups excluding carboxylic acids is 1. The molecule has 0 bridgehead atoms. The standard InChI is InChI=1S/C38H63NO6/c1-22(2)30(45-33(41)39(8)9)24-20-23(3)29-31(43-24)32(40)36(7)26-14-13-25-34(4,5)27(44-28-12-10-11-19-42-28)15-16-37(25)21-38(26,37)18-17-35(29,36)6/h22-32,40H,10-21H2,1-9H3/t23-,24-,25+,26+,27?,28+,29+,30-,31+,32+,35-,36-,37-,38?/m1/s1. The van der Waals surface area contributed by atoms with Crippen molar-refractivity contribution in [3.63, 3.8) is 0 Å². The summed E-state index contributed by atoms with van der Waals surface area (Å²) in [6.07, 6.45) is 11.5. The summed E-state index contributed by atoms with van der Waals surface area (Å²) in [5, 5.41) is 12.6. The summed E-state index contributed by atoms with van der Waals surface area (Å²) in [7, 11) is 3.46. The fraction of sp³-hybridized carbons (Fsp3) is 0.974. The number of carbonyl (C=O) groups is 1. The number of rotatable bonds is 5.